The number of nitrogens with one attached hydrogen (secondary N) is 1. The molecule has 1 N–H and O–H groups in total. The van der Waals surface area contributed by atoms with E-state index in [1.807, 2.05) is 6.92 Å². The molecule has 2 bridgehead atoms. The topological polar surface area (TPSA) is 84.3 Å². The Kier molecular flexibility index (Phi) is 3.45. The van der Waals surface area contributed by atoms with Crippen molar-refractivity contribution in [2.75, 3.05) is 17.6 Å². The van der Waals surface area contributed by atoms with Crippen LogP contribution >= 0.6 is 0 Å². The Morgan fingerprint density at radius 2 is 2.16 bits per heavy atom. The smallest absolute Gasteiger partial charge is 0.240 e. The van der Waals surface area contributed by atoms with Gasteiger partial charge in [0.2, 0.25) is 15.9 Å². The number of anilines is 1. The second kappa shape index (κ2) is 5.07. The van der Waals surface area contributed by atoms with E-state index in [4.69, 9.17) is 0 Å². The Morgan fingerprint density at radius 3 is 2.76 bits per heavy atom. The van der Waals surface area contributed by atoms with Crippen LogP contribution in [0.3, 0.4) is 0 Å². The zero-order valence-corrected chi connectivity index (χ0v) is 16.1. The average Bonchev–Trinajstić information content (AvgIpc) is 3.07. The maximum absolute atomic E-state index is 12.8. The standard InChI is InChI=1S/C17H26N4O3S/c1-11-7-14(20(4)19-11)18-15(22)9-21-13-8-12-5-6-17(13,16(12,2)3)10-25(21,23)24/h7,12-13H,5-6,8-10H2,1-4H3,(H,18,22)/t12-,13-,17-/m1/s1. The van der Waals surface area contributed by atoms with Gasteiger partial charge in [0, 0.05) is 24.6 Å². The van der Waals surface area contributed by atoms with Gasteiger partial charge in [-0.05, 0) is 37.5 Å². The minimum absolute atomic E-state index is 0.0229. The molecule has 1 saturated heterocycles. The summed E-state index contributed by atoms with van der Waals surface area (Å²) in [6.07, 6.45) is 2.94. The van der Waals surface area contributed by atoms with Crippen molar-refractivity contribution in [1.82, 2.24) is 14.1 Å². The summed E-state index contributed by atoms with van der Waals surface area (Å²) in [4.78, 5) is 12.5. The van der Waals surface area contributed by atoms with Crippen LogP contribution in [0.1, 0.15) is 38.8 Å². The minimum atomic E-state index is -3.40. The van der Waals surface area contributed by atoms with Gasteiger partial charge in [-0.3, -0.25) is 9.48 Å². The second-order valence-electron chi connectivity index (χ2n) is 8.51. The monoisotopic (exact) mass is 366 g/mol. The number of nitrogens with zero attached hydrogens (tertiary/aromatic N) is 3. The summed E-state index contributed by atoms with van der Waals surface area (Å²) in [5.41, 5.74) is 0.634. The Hall–Kier alpha value is -1.41. The Morgan fingerprint density at radius 1 is 1.44 bits per heavy atom. The number of aryl methyl sites for hydroxylation is 2. The van der Waals surface area contributed by atoms with Crippen molar-refractivity contribution in [2.24, 2.45) is 23.8 Å². The molecule has 0 unspecified atom stereocenters. The molecule has 1 aromatic heterocycles. The maximum atomic E-state index is 12.8. The first-order valence-electron chi connectivity index (χ1n) is 8.87. The summed E-state index contributed by atoms with van der Waals surface area (Å²) >= 11 is 0. The minimum Gasteiger partial charge on any atom is -0.310 e. The summed E-state index contributed by atoms with van der Waals surface area (Å²) in [5, 5.41) is 6.99. The van der Waals surface area contributed by atoms with Gasteiger partial charge in [0.15, 0.2) is 0 Å². The molecule has 1 amide bonds. The van der Waals surface area contributed by atoms with E-state index in [1.165, 1.54) is 4.31 Å². The number of carbonyl (C=O) groups is 1. The molecule has 2 heterocycles. The van der Waals surface area contributed by atoms with Crippen LogP contribution in [0.25, 0.3) is 0 Å². The fourth-order valence-corrected chi connectivity index (χ4v) is 8.15. The van der Waals surface area contributed by atoms with Crippen molar-refractivity contribution in [3.8, 4) is 0 Å². The normalized spacial score (nSPS) is 35.0. The van der Waals surface area contributed by atoms with Crippen LogP contribution in [-0.4, -0.2) is 46.8 Å². The molecule has 4 rings (SSSR count). The van der Waals surface area contributed by atoms with Gasteiger partial charge in [0.1, 0.15) is 5.82 Å². The van der Waals surface area contributed by atoms with E-state index in [0.717, 1.165) is 25.0 Å². The van der Waals surface area contributed by atoms with Crippen molar-refractivity contribution < 1.29 is 13.2 Å². The molecule has 7 nitrogen and oxygen atoms in total. The molecule has 3 aliphatic rings. The predicted octanol–water partition coefficient (Wildman–Crippen LogP) is 1.51. The van der Waals surface area contributed by atoms with Gasteiger partial charge in [0.25, 0.3) is 0 Å². The predicted molar refractivity (Wildman–Crippen MR) is 94.4 cm³/mol. The maximum Gasteiger partial charge on any atom is 0.240 e. The van der Waals surface area contributed by atoms with E-state index in [-0.39, 0.29) is 35.1 Å². The highest BCUT2D eigenvalue weighted by Gasteiger charge is 2.71. The molecule has 138 valence electrons. The first-order chi connectivity index (χ1) is 11.6. The van der Waals surface area contributed by atoms with Gasteiger partial charge < -0.3 is 5.32 Å². The lowest BCUT2D eigenvalue weighted by molar-refractivity contribution is -0.117. The summed E-state index contributed by atoms with van der Waals surface area (Å²) in [7, 11) is -1.65. The van der Waals surface area contributed by atoms with Crippen molar-refractivity contribution in [2.45, 2.75) is 46.1 Å². The molecular formula is C17H26N4O3S. The Balaban J connectivity index is 1.57. The van der Waals surface area contributed by atoms with E-state index < -0.39 is 10.0 Å². The van der Waals surface area contributed by atoms with E-state index in [2.05, 4.69) is 24.3 Å². The summed E-state index contributed by atoms with van der Waals surface area (Å²) in [6, 6.07) is 1.74. The highest BCUT2D eigenvalue weighted by molar-refractivity contribution is 7.89. The van der Waals surface area contributed by atoms with Crippen LogP contribution in [0.5, 0.6) is 0 Å². The van der Waals surface area contributed by atoms with E-state index >= 15 is 0 Å². The Bertz CT molecular complexity index is 844. The van der Waals surface area contributed by atoms with E-state index in [1.54, 1.807) is 17.8 Å². The highest BCUT2D eigenvalue weighted by atomic mass is 32.2. The number of hydrogen-bond acceptors (Lipinski definition) is 4. The fraction of sp³-hybridized carbons (Fsp3) is 0.765. The molecule has 0 aromatic carbocycles. The second-order valence-corrected chi connectivity index (χ2v) is 10.4. The van der Waals surface area contributed by atoms with Crippen LogP contribution < -0.4 is 5.32 Å². The van der Waals surface area contributed by atoms with Crippen molar-refractivity contribution in [3.63, 3.8) is 0 Å². The third-order valence-corrected chi connectivity index (χ3v) is 9.08. The zero-order valence-electron chi connectivity index (χ0n) is 15.2. The molecule has 8 heteroatoms. The molecular weight excluding hydrogens is 340 g/mol. The molecule has 2 saturated carbocycles. The molecule has 2 aliphatic carbocycles. The molecule has 1 spiro atoms. The fourth-order valence-electron chi connectivity index (χ4n) is 5.63. The molecule has 1 aromatic rings. The number of carbonyl (C=O) groups excluding carboxylic acids is 1. The van der Waals surface area contributed by atoms with Crippen molar-refractivity contribution in [3.05, 3.63) is 11.8 Å². The number of aromatic nitrogens is 2. The van der Waals surface area contributed by atoms with Gasteiger partial charge in [-0.25, -0.2) is 8.42 Å². The van der Waals surface area contributed by atoms with Crippen molar-refractivity contribution >= 4 is 21.7 Å². The Labute approximate surface area is 148 Å². The van der Waals surface area contributed by atoms with Crippen LogP contribution in [0, 0.1) is 23.7 Å². The highest BCUT2D eigenvalue weighted by Crippen LogP contribution is 2.69. The van der Waals surface area contributed by atoms with Gasteiger partial charge in [-0.1, -0.05) is 13.8 Å². The molecule has 0 radical (unpaired) electrons. The van der Waals surface area contributed by atoms with Crippen LogP contribution in [0.4, 0.5) is 5.82 Å². The number of hydrogen-bond donors (Lipinski definition) is 1. The van der Waals surface area contributed by atoms with E-state index in [0.29, 0.717) is 11.7 Å². The molecule has 1 aliphatic heterocycles. The van der Waals surface area contributed by atoms with Crippen molar-refractivity contribution in [1.29, 1.82) is 0 Å². The summed E-state index contributed by atoms with van der Waals surface area (Å²) < 4.78 is 28.7. The van der Waals surface area contributed by atoms with E-state index in [9.17, 15) is 13.2 Å². The van der Waals surface area contributed by atoms with Crippen LogP contribution in [0.15, 0.2) is 6.07 Å². The SMILES string of the molecule is Cc1cc(NC(=O)CN2[C@@H]3C[C@H]4CC[C@]3(CS2(=O)=O)C4(C)C)n(C)n1. The van der Waals surface area contributed by atoms with Crippen LogP contribution in [-0.2, 0) is 21.9 Å². The van der Waals surface area contributed by atoms with Gasteiger partial charge in [-0.15, -0.1) is 0 Å². The molecule has 3 fully saturated rings. The van der Waals surface area contributed by atoms with Gasteiger partial charge in [0.05, 0.1) is 18.0 Å². The van der Waals surface area contributed by atoms with Gasteiger partial charge >= 0.3 is 0 Å². The van der Waals surface area contributed by atoms with Gasteiger partial charge in [-0.2, -0.15) is 9.40 Å². The third-order valence-electron chi connectivity index (χ3n) is 7.10. The first-order valence-corrected chi connectivity index (χ1v) is 10.5. The third kappa shape index (κ3) is 2.23. The average molecular weight is 366 g/mol. The number of fused-ring (bicyclic) bond motifs is 1. The lowest BCUT2D eigenvalue weighted by Gasteiger charge is -2.37. The lowest BCUT2D eigenvalue weighted by Crippen LogP contribution is -2.44. The quantitative estimate of drug-likeness (QED) is 0.879. The summed E-state index contributed by atoms with van der Waals surface area (Å²) in [5.74, 6) is 1.02. The lowest BCUT2D eigenvalue weighted by atomic mass is 9.69. The zero-order chi connectivity index (χ0) is 18.2. The number of amides is 1. The number of sulfonamides is 1. The number of rotatable bonds is 3. The molecule has 3 atom stereocenters. The first kappa shape index (κ1) is 17.0. The summed E-state index contributed by atoms with van der Waals surface area (Å²) in [6.45, 7) is 6.16. The largest absolute Gasteiger partial charge is 0.310 e. The molecule has 25 heavy (non-hydrogen) atoms. The van der Waals surface area contributed by atoms with Crippen LogP contribution in [0.2, 0.25) is 0 Å².